The Morgan fingerprint density at radius 1 is 1.19 bits per heavy atom. The van der Waals surface area contributed by atoms with Crippen molar-refractivity contribution in [3.8, 4) is 0 Å². The molecule has 0 fully saturated rings. The summed E-state index contributed by atoms with van der Waals surface area (Å²) in [5.41, 5.74) is 4.72. The first-order chi connectivity index (χ1) is 12.8. The molecule has 142 valence electrons. The number of rotatable bonds is 6. The highest BCUT2D eigenvalue weighted by atomic mass is 16.1. The highest BCUT2D eigenvalue weighted by Gasteiger charge is 2.17. The van der Waals surface area contributed by atoms with Crippen LogP contribution in [0.3, 0.4) is 0 Å². The minimum absolute atomic E-state index is 0.137. The molecule has 0 aliphatic carbocycles. The predicted octanol–water partition coefficient (Wildman–Crippen LogP) is 2.29. The smallest absolute Gasteiger partial charge is 0.162 e. The van der Waals surface area contributed by atoms with E-state index in [1.807, 2.05) is 65.1 Å². The normalized spacial score (nSPS) is 11.0. The zero-order chi connectivity index (χ0) is 19.7. The summed E-state index contributed by atoms with van der Waals surface area (Å²) in [6, 6.07) is 5.85. The topological polar surface area (TPSA) is 67.2 Å². The Labute approximate surface area is 159 Å². The van der Waals surface area contributed by atoms with E-state index in [-0.39, 0.29) is 5.78 Å². The second kappa shape index (κ2) is 7.34. The summed E-state index contributed by atoms with van der Waals surface area (Å²) in [6.07, 6.45) is 2.13. The van der Waals surface area contributed by atoms with E-state index in [4.69, 9.17) is 4.98 Å². The molecule has 3 aromatic heterocycles. The van der Waals surface area contributed by atoms with Crippen molar-refractivity contribution in [3.63, 3.8) is 0 Å². The van der Waals surface area contributed by atoms with Crippen LogP contribution in [-0.4, -0.2) is 53.2 Å². The number of fused-ring (bicyclic) bond motifs is 1. The zero-order valence-corrected chi connectivity index (χ0v) is 16.8. The number of nitrogens with zero attached hydrogens (tertiary/aromatic N) is 6. The Morgan fingerprint density at radius 2 is 1.93 bits per heavy atom. The highest BCUT2D eigenvalue weighted by Crippen LogP contribution is 2.30. The summed E-state index contributed by atoms with van der Waals surface area (Å²) in [7, 11) is 7.79. The number of carbonyl (C=O) groups excluding carboxylic acids is 1. The SMILES string of the molecule is Cc1cc(CC(=O)CN(C)c2cc(N(C)C)c3c(C)nn(C)c3n2)ccn1. The molecule has 3 rings (SSSR count). The molecule has 3 aromatic rings. The largest absolute Gasteiger partial charge is 0.377 e. The first-order valence-corrected chi connectivity index (χ1v) is 8.92. The lowest BCUT2D eigenvalue weighted by Crippen LogP contribution is -2.28. The Bertz CT molecular complexity index is 992. The van der Waals surface area contributed by atoms with Crippen LogP contribution < -0.4 is 9.80 Å². The van der Waals surface area contributed by atoms with Crippen LogP contribution in [-0.2, 0) is 18.3 Å². The van der Waals surface area contributed by atoms with Gasteiger partial charge in [0.15, 0.2) is 11.4 Å². The van der Waals surface area contributed by atoms with E-state index in [0.29, 0.717) is 13.0 Å². The molecule has 0 amide bonds. The van der Waals surface area contributed by atoms with Crippen molar-refractivity contribution in [1.82, 2.24) is 19.7 Å². The molecular weight excluding hydrogens is 340 g/mol. The van der Waals surface area contributed by atoms with Gasteiger partial charge in [-0.3, -0.25) is 14.5 Å². The van der Waals surface area contributed by atoms with Gasteiger partial charge in [-0.15, -0.1) is 0 Å². The van der Waals surface area contributed by atoms with Crippen molar-refractivity contribution < 1.29 is 4.79 Å². The molecule has 0 aliphatic rings. The summed E-state index contributed by atoms with van der Waals surface area (Å²) < 4.78 is 1.79. The number of likely N-dealkylation sites (N-methyl/N-ethyl adjacent to an activating group) is 1. The van der Waals surface area contributed by atoms with Gasteiger partial charge in [-0.1, -0.05) is 0 Å². The fraction of sp³-hybridized carbons (Fsp3) is 0.400. The van der Waals surface area contributed by atoms with Gasteiger partial charge in [-0.05, 0) is 31.5 Å². The maximum atomic E-state index is 12.5. The second-order valence-electron chi connectivity index (χ2n) is 7.18. The number of carbonyl (C=O) groups is 1. The Kier molecular flexibility index (Phi) is 5.12. The van der Waals surface area contributed by atoms with Crippen molar-refractivity contribution in [2.75, 3.05) is 37.5 Å². The lowest BCUT2D eigenvalue weighted by Gasteiger charge is -2.21. The van der Waals surface area contributed by atoms with E-state index in [2.05, 4.69) is 15.0 Å². The van der Waals surface area contributed by atoms with Gasteiger partial charge in [0.2, 0.25) is 0 Å². The molecule has 0 aliphatic heterocycles. The number of aryl methyl sites for hydroxylation is 3. The zero-order valence-electron chi connectivity index (χ0n) is 16.8. The van der Waals surface area contributed by atoms with Gasteiger partial charge in [-0.25, -0.2) is 4.98 Å². The maximum Gasteiger partial charge on any atom is 0.162 e. The second-order valence-corrected chi connectivity index (χ2v) is 7.18. The fourth-order valence-corrected chi connectivity index (χ4v) is 3.30. The summed E-state index contributed by atoms with van der Waals surface area (Å²) >= 11 is 0. The molecule has 7 nitrogen and oxygen atoms in total. The third-order valence-electron chi connectivity index (χ3n) is 4.58. The number of hydrogen-bond acceptors (Lipinski definition) is 6. The maximum absolute atomic E-state index is 12.5. The minimum Gasteiger partial charge on any atom is -0.377 e. The van der Waals surface area contributed by atoms with Crippen LogP contribution in [0.1, 0.15) is 17.0 Å². The van der Waals surface area contributed by atoms with E-state index in [0.717, 1.165) is 39.5 Å². The lowest BCUT2D eigenvalue weighted by molar-refractivity contribution is -0.117. The average Bonchev–Trinajstić information content (AvgIpc) is 2.88. The molecule has 0 saturated carbocycles. The van der Waals surface area contributed by atoms with Gasteiger partial charge in [0.1, 0.15) is 5.82 Å². The average molecular weight is 366 g/mol. The lowest BCUT2D eigenvalue weighted by atomic mass is 10.1. The molecule has 0 atom stereocenters. The molecule has 0 unspecified atom stereocenters. The van der Waals surface area contributed by atoms with Crippen molar-refractivity contribution in [1.29, 1.82) is 0 Å². The summed E-state index contributed by atoms with van der Waals surface area (Å²) in [6.45, 7) is 4.21. The standard InChI is InChI=1S/C20H26N6O/c1-13-9-15(7-8-21-13)10-16(27)12-25(5)18-11-17(24(3)4)19-14(2)23-26(6)20(19)22-18/h7-9,11H,10,12H2,1-6H3. The monoisotopic (exact) mass is 366 g/mol. The van der Waals surface area contributed by atoms with Gasteiger partial charge < -0.3 is 9.80 Å². The molecule has 27 heavy (non-hydrogen) atoms. The molecule has 0 saturated heterocycles. The van der Waals surface area contributed by atoms with Gasteiger partial charge in [0.05, 0.1) is 23.3 Å². The van der Waals surface area contributed by atoms with Crippen LogP contribution >= 0.6 is 0 Å². The summed E-state index contributed by atoms with van der Waals surface area (Å²) in [5, 5.41) is 5.53. The molecule has 0 spiro atoms. The van der Waals surface area contributed by atoms with Crippen molar-refractivity contribution in [2.24, 2.45) is 7.05 Å². The van der Waals surface area contributed by atoms with Crippen molar-refractivity contribution in [2.45, 2.75) is 20.3 Å². The Morgan fingerprint density at radius 3 is 2.59 bits per heavy atom. The van der Waals surface area contributed by atoms with Crippen molar-refractivity contribution in [3.05, 3.63) is 41.3 Å². The van der Waals surface area contributed by atoms with Gasteiger partial charge in [0.25, 0.3) is 0 Å². The number of anilines is 2. The number of ketones is 1. The van der Waals surface area contributed by atoms with Gasteiger partial charge >= 0.3 is 0 Å². The molecule has 0 aromatic carbocycles. The number of pyridine rings is 2. The van der Waals surface area contributed by atoms with E-state index in [9.17, 15) is 4.79 Å². The molecular formula is C20H26N6O. The van der Waals surface area contributed by atoms with E-state index < -0.39 is 0 Å². The van der Waals surface area contributed by atoms with Crippen LogP contribution in [0.15, 0.2) is 24.4 Å². The predicted molar refractivity (Wildman–Crippen MR) is 109 cm³/mol. The molecule has 7 heteroatoms. The Hall–Kier alpha value is -2.96. The Balaban J connectivity index is 1.86. The quantitative estimate of drug-likeness (QED) is 0.667. The van der Waals surface area contributed by atoms with Gasteiger partial charge in [-0.2, -0.15) is 5.10 Å². The van der Waals surface area contributed by atoms with E-state index in [1.54, 1.807) is 10.9 Å². The van der Waals surface area contributed by atoms with Crippen LogP contribution in [0, 0.1) is 13.8 Å². The number of Topliss-reactive ketones (excluding diaryl/α,β-unsaturated/α-hetero) is 1. The van der Waals surface area contributed by atoms with Crippen LogP contribution in [0.25, 0.3) is 11.0 Å². The molecule has 0 bridgehead atoms. The van der Waals surface area contributed by atoms with Crippen LogP contribution in [0.5, 0.6) is 0 Å². The molecule has 0 radical (unpaired) electrons. The van der Waals surface area contributed by atoms with Crippen LogP contribution in [0.4, 0.5) is 11.5 Å². The van der Waals surface area contributed by atoms with E-state index >= 15 is 0 Å². The number of hydrogen-bond donors (Lipinski definition) is 0. The first kappa shape index (κ1) is 18.8. The minimum atomic E-state index is 0.137. The van der Waals surface area contributed by atoms with Crippen LogP contribution in [0.2, 0.25) is 0 Å². The van der Waals surface area contributed by atoms with Gasteiger partial charge in [0, 0.05) is 52.6 Å². The molecule has 0 N–H and O–H groups in total. The summed E-state index contributed by atoms with van der Waals surface area (Å²) in [5.74, 6) is 0.894. The summed E-state index contributed by atoms with van der Waals surface area (Å²) in [4.78, 5) is 25.4. The fourth-order valence-electron chi connectivity index (χ4n) is 3.30. The third kappa shape index (κ3) is 3.92. The third-order valence-corrected chi connectivity index (χ3v) is 4.58. The highest BCUT2D eigenvalue weighted by molar-refractivity contribution is 5.94. The van der Waals surface area contributed by atoms with Crippen molar-refractivity contribution >= 4 is 28.3 Å². The number of aromatic nitrogens is 4. The van der Waals surface area contributed by atoms with E-state index in [1.165, 1.54) is 0 Å². The first-order valence-electron chi connectivity index (χ1n) is 8.92. The molecule has 3 heterocycles.